The number of amides is 1. The Labute approximate surface area is 171 Å². The van der Waals surface area contributed by atoms with Crippen molar-refractivity contribution in [2.45, 2.75) is 52.1 Å². The van der Waals surface area contributed by atoms with E-state index < -0.39 is 11.7 Å². The molecule has 0 saturated carbocycles. The summed E-state index contributed by atoms with van der Waals surface area (Å²) in [6.45, 7) is 8.54. The first-order valence-corrected chi connectivity index (χ1v) is 9.91. The molecule has 2 aromatic rings. The van der Waals surface area contributed by atoms with Gasteiger partial charge in [0, 0.05) is 30.8 Å². The van der Waals surface area contributed by atoms with Crippen LogP contribution in [-0.2, 0) is 5.60 Å². The van der Waals surface area contributed by atoms with E-state index in [-0.39, 0.29) is 12.5 Å². The average molecular weight is 399 g/mol. The summed E-state index contributed by atoms with van der Waals surface area (Å²) >= 11 is 0. The van der Waals surface area contributed by atoms with Crippen LogP contribution in [0.3, 0.4) is 0 Å². The van der Waals surface area contributed by atoms with Gasteiger partial charge in [-0.05, 0) is 63.8 Å². The largest absolute Gasteiger partial charge is 0.490 e. The summed E-state index contributed by atoms with van der Waals surface area (Å²) in [6.07, 6.45) is 2.12. The second-order valence-electron chi connectivity index (χ2n) is 8.15. The Hall–Kier alpha value is -2.67. The van der Waals surface area contributed by atoms with Crippen LogP contribution in [-0.4, -0.2) is 50.9 Å². The van der Waals surface area contributed by atoms with Crippen LogP contribution in [0.2, 0.25) is 0 Å². The second-order valence-corrected chi connectivity index (χ2v) is 8.15. The van der Waals surface area contributed by atoms with Gasteiger partial charge >= 0.3 is 6.09 Å². The zero-order valence-electron chi connectivity index (χ0n) is 17.5. The predicted molar refractivity (Wildman–Crippen MR) is 109 cm³/mol. The van der Waals surface area contributed by atoms with Crippen molar-refractivity contribution in [2.75, 3.05) is 19.7 Å². The summed E-state index contributed by atoms with van der Waals surface area (Å²) in [7, 11) is 0. The number of piperidine rings is 1. The molecule has 0 spiro atoms. The number of likely N-dealkylation sites (tertiary alicyclic amines) is 1. The lowest BCUT2D eigenvalue weighted by atomic mass is 9.86. The number of aliphatic hydroxyl groups is 1. The van der Waals surface area contributed by atoms with Gasteiger partial charge in [-0.2, -0.15) is 0 Å². The van der Waals surface area contributed by atoms with E-state index >= 15 is 0 Å². The van der Waals surface area contributed by atoms with Gasteiger partial charge in [-0.1, -0.05) is 6.07 Å². The predicted octanol–water partition coefficient (Wildman–Crippen LogP) is 3.55. The van der Waals surface area contributed by atoms with Crippen LogP contribution in [0, 0.1) is 20.8 Å². The van der Waals surface area contributed by atoms with E-state index in [4.69, 9.17) is 4.74 Å². The number of carboxylic acid groups (broad SMARTS) is 1. The quantitative estimate of drug-likeness (QED) is 0.798. The molecule has 1 fully saturated rings. The van der Waals surface area contributed by atoms with Gasteiger partial charge in [0.2, 0.25) is 0 Å². The van der Waals surface area contributed by atoms with Crippen molar-refractivity contribution in [1.82, 2.24) is 14.9 Å². The Kier molecular flexibility index (Phi) is 6.07. The number of carbonyl (C=O) groups is 1. The summed E-state index contributed by atoms with van der Waals surface area (Å²) in [4.78, 5) is 21.5. The van der Waals surface area contributed by atoms with Crippen molar-refractivity contribution in [3.63, 3.8) is 0 Å². The van der Waals surface area contributed by atoms with E-state index in [1.54, 1.807) is 13.1 Å². The fraction of sp³-hybridized carbons (Fsp3) is 0.500. The molecule has 1 atom stereocenters. The molecule has 156 valence electrons. The molecule has 1 aliphatic heterocycles. The summed E-state index contributed by atoms with van der Waals surface area (Å²) in [5.74, 6) is 1.43. The number of benzene rings is 1. The number of hydrogen-bond donors (Lipinski definition) is 2. The van der Waals surface area contributed by atoms with E-state index in [1.807, 2.05) is 32.9 Å². The molecular formula is C22H29N3O4. The smallest absolute Gasteiger partial charge is 0.407 e. The molecule has 1 aromatic heterocycles. The molecule has 3 rings (SSSR count). The minimum Gasteiger partial charge on any atom is -0.490 e. The van der Waals surface area contributed by atoms with Crippen LogP contribution in [0.4, 0.5) is 4.79 Å². The molecule has 7 heteroatoms. The average Bonchev–Trinajstić information content (AvgIpc) is 2.65. The molecule has 1 aliphatic rings. The molecule has 2 N–H and O–H groups in total. The van der Waals surface area contributed by atoms with Crippen molar-refractivity contribution in [3.8, 4) is 5.75 Å². The maximum Gasteiger partial charge on any atom is 0.407 e. The van der Waals surface area contributed by atoms with E-state index in [1.165, 1.54) is 4.90 Å². The number of hydrogen-bond acceptors (Lipinski definition) is 5. The van der Waals surface area contributed by atoms with Gasteiger partial charge in [0.15, 0.2) is 0 Å². The number of aromatic nitrogens is 2. The highest BCUT2D eigenvalue weighted by atomic mass is 16.5. The highest BCUT2D eigenvalue weighted by molar-refractivity contribution is 5.65. The van der Waals surface area contributed by atoms with Crippen LogP contribution in [0.5, 0.6) is 5.75 Å². The highest BCUT2D eigenvalue weighted by Crippen LogP contribution is 2.34. The van der Waals surface area contributed by atoms with Gasteiger partial charge in [0.05, 0.1) is 5.69 Å². The third-order valence-corrected chi connectivity index (χ3v) is 5.39. The van der Waals surface area contributed by atoms with Gasteiger partial charge in [-0.3, -0.25) is 0 Å². The second kappa shape index (κ2) is 8.37. The van der Waals surface area contributed by atoms with Crippen molar-refractivity contribution >= 4 is 6.09 Å². The van der Waals surface area contributed by atoms with Crippen molar-refractivity contribution in [3.05, 3.63) is 52.6 Å². The highest BCUT2D eigenvalue weighted by Gasteiger charge is 2.33. The van der Waals surface area contributed by atoms with Crippen molar-refractivity contribution in [2.24, 2.45) is 0 Å². The summed E-state index contributed by atoms with van der Waals surface area (Å²) in [5, 5.41) is 20.4. The molecule has 2 heterocycles. The topological polar surface area (TPSA) is 95.8 Å². The Morgan fingerprint density at radius 3 is 2.41 bits per heavy atom. The molecule has 7 nitrogen and oxygen atoms in total. The van der Waals surface area contributed by atoms with E-state index in [2.05, 4.69) is 16.0 Å². The fourth-order valence-electron chi connectivity index (χ4n) is 3.88. The van der Waals surface area contributed by atoms with Gasteiger partial charge in [0.1, 0.15) is 23.8 Å². The Morgan fingerprint density at radius 1 is 1.21 bits per heavy atom. The van der Waals surface area contributed by atoms with Crippen molar-refractivity contribution in [1.29, 1.82) is 0 Å². The first-order chi connectivity index (χ1) is 13.7. The third kappa shape index (κ3) is 5.03. The van der Waals surface area contributed by atoms with Gasteiger partial charge in [-0.25, -0.2) is 14.8 Å². The van der Waals surface area contributed by atoms with Gasteiger partial charge in [0.25, 0.3) is 0 Å². The standard InChI is InChI=1S/C22H29N3O4/c1-14-9-15(2)11-18(10-14)29-13-22(4,28)19-12-23-16(3)24-20(19)17-5-7-25(8-6-17)21(26)27/h9-12,17,28H,5-8,13H2,1-4H3,(H,26,27). The number of nitrogens with zero attached hydrogens (tertiary/aromatic N) is 3. The maximum absolute atomic E-state index is 11.2. The van der Waals surface area contributed by atoms with Gasteiger partial charge < -0.3 is 19.8 Å². The molecular weight excluding hydrogens is 370 g/mol. The van der Waals surface area contributed by atoms with Crippen LogP contribution in [0.25, 0.3) is 0 Å². The molecule has 1 unspecified atom stereocenters. The maximum atomic E-state index is 11.2. The lowest BCUT2D eigenvalue weighted by Gasteiger charge is -2.33. The SMILES string of the molecule is Cc1cc(C)cc(OCC(C)(O)c2cnc(C)nc2C2CCN(C(=O)O)CC2)c1. The fourth-order valence-corrected chi connectivity index (χ4v) is 3.88. The number of ether oxygens (including phenoxy) is 1. The third-order valence-electron chi connectivity index (χ3n) is 5.39. The zero-order valence-corrected chi connectivity index (χ0v) is 17.5. The van der Waals surface area contributed by atoms with Crippen LogP contribution >= 0.6 is 0 Å². The minimum atomic E-state index is -1.27. The van der Waals surface area contributed by atoms with Gasteiger partial charge in [-0.15, -0.1) is 0 Å². The zero-order chi connectivity index (χ0) is 21.2. The van der Waals surface area contributed by atoms with Crippen LogP contribution < -0.4 is 4.74 Å². The Morgan fingerprint density at radius 2 is 1.83 bits per heavy atom. The van der Waals surface area contributed by atoms with E-state index in [9.17, 15) is 15.0 Å². The molecule has 0 radical (unpaired) electrons. The van der Waals surface area contributed by atoms with E-state index in [0.29, 0.717) is 43.1 Å². The summed E-state index contributed by atoms with van der Waals surface area (Å²) in [5.41, 5.74) is 2.36. The van der Waals surface area contributed by atoms with Crippen LogP contribution in [0.1, 0.15) is 53.9 Å². The summed E-state index contributed by atoms with van der Waals surface area (Å²) < 4.78 is 5.92. The molecule has 29 heavy (non-hydrogen) atoms. The molecule has 1 amide bonds. The summed E-state index contributed by atoms with van der Waals surface area (Å²) in [6, 6.07) is 5.95. The minimum absolute atomic E-state index is 0.0727. The molecule has 0 aliphatic carbocycles. The lowest BCUT2D eigenvalue weighted by molar-refractivity contribution is 0.00549. The Balaban J connectivity index is 1.80. The van der Waals surface area contributed by atoms with Crippen LogP contribution in [0.15, 0.2) is 24.4 Å². The monoisotopic (exact) mass is 399 g/mol. The molecule has 1 aromatic carbocycles. The molecule has 1 saturated heterocycles. The molecule has 0 bridgehead atoms. The van der Waals surface area contributed by atoms with E-state index in [0.717, 1.165) is 16.8 Å². The number of rotatable bonds is 5. The Bertz CT molecular complexity index is 869. The first kappa shape index (κ1) is 21.0. The lowest BCUT2D eigenvalue weighted by Crippen LogP contribution is -2.38. The normalized spacial score (nSPS) is 17.1. The van der Waals surface area contributed by atoms with Crippen molar-refractivity contribution < 1.29 is 19.7 Å². The number of aryl methyl sites for hydroxylation is 3. The first-order valence-electron chi connectivity index (χ1n) is 9.91.